The summed E-state index contributed by atoms with van der Waals surface area (Å²) in [4.78, 5) is 0. The van der Waals surface area contributed by atoms with E-state index in [9.17, 15) is 8.78 Å². The lowest BCUT2D eigenvalue weighted by Crippen LogP contribution is -2.34. The Morgan fingerprint density at radius 3 is 2.81 bits per heavy atom. The normalized spacial score (nSPS) is 29.1. The molecule has 2 aliphatic carbocycles. The Morgan fingerprint density at radius 2 is 2.14 bits per heavy atom. The zero-order valence-electron chi connectivity index (χ0n) is 11.4. The van der Waals surface area contributed by atoms with Crippen molar-refractivity contribution in [3.63, 3.8) is 0 Å². The molecule has 110 valence electrons. The quantitative estimate of drug-likeness (QED) is 0.869. The summed E-state index contributed by atoms with van der Waals surface area (Å²) in [6.07, 6.45) is 4.60. The highest BCUT2D eigenvalue weighted by molar-refractivity contribution is 5.38. The molecule has 0 amide bonds. The van der Waals surface area contributed by atoms with Gasteiger partial charge >= 0.3 is 0 Å². The molecule has 0 N–H and O–H groups in total. The molecule has 1 spiro atoms. The van der Waals surface area contributed by atoms with Crippen LogP contribution in [-0.2, 0) is 0 Å². The third-order valence-corrected chi connectivity index (χ3v) is 4.56. The monoisotopic (exact) mass is 291 g/mol. The number of rotatable bonds is 4. The topological polar surface area (TPSA) is 39.9 Å². The van der Waals surface area contributed by atoms with Crippen molar-refractivity contribution in [1.29, 1.82) is 0 Å². The Balaban J connectivity index is 1.35. The van der Waals surface area contributed by atoms with Gasteiger partial charge in [0.15, 0.2) is 0 Å². The van der Waals surface area contributed by atoms with Gasteiger partial charge in [-0.05, 0) is 30.9 Å². The second-order valence-corrected chi connectivity index (χ2v) is 6.09. The van der Waals surface area contributed by atoms with E-state index in [-0.39, 0.29) is 12.3 Å². The predicted molar refractivity (Wildman–Crippen MR) is 71.6 cm³/mol. The first-order valence-electron chi connectivity index (χ1n) is 7.05. The van der Waals surface area contributed by atoms with Crippen LogP contribution in [-0.4, -0.2) is 27.5 Å². The zero-order valence-corrected chi connectivity index (χ0v) is 11.4. The molecule has 6 heteroatoms. The molecule has 0 radical (unpaired) electrons. The van der Waals surface area contributed by atoms with Crippen molar-refractivity contribution in [2.45, 2.75) is 25.2 Å². The van der Waals surface area contributed by atoms with Gasteiger partial charge in [-0.1, -0.05) is 11.3 Å². The summed E-state index contributed by atoms with van der Waals surface area (Å²) in [5.74, 6) is -1.45. The van der Waals surface area contributed by atoms with E-state index in [2.05, 4.69) is 10.3 Å². The maximum atomic E-state index is 13.1. The average molecular weight is 291 g/mol. The Labute approximate surface area is 120 Å². The molecule has 1 aromatic heterocycles. The number of halogens is 2. The number of ether oxygens (including phenoxy) is 1. The number of nitrogens with zero attached hydrogens (tertiary/aromatic N) is 3. The van der Waals surface area contributed by atoms with Crippen LogP contribution < -0.4 is 4.74 Å². The molecule has 2 fully saturated rings. The van der Waals surface area contributed by atoms with Crippen molar-refractivity contribution >= 4 is 0 Å². The van der Waals surface area contributed by atoms with Crippen molar-refractivity contribution in [3.8, 4) is 11.4 Å². The van der Waals surface area contributed by atoms with Crippen LogP contribution in [0.3, 0.4) is 0 Å². The third kappa shape index (κ3) is 2.09. The molecule has 0 atom stereocenters. The lowest BCUT2D eigenvalue weighted by Gasteiger charge is -2.35. The number of hydrogen-bond donors (Lipinski definition) is 0. The van der Waals surface area contributed by atoms with E-state index in [1.807, 2.05) is 24.3 Å². The van der Waals surface area contributed by atoms with Crippen LogP contribution >= 0.6 is 0 Å². The van der Waals surface area contributed by atoms with Crippen molar-refractivity contribution in [3.05, 3.63) is 36.7 Å². The smallest absolute Gasteiger partial charge is 0.254 e. The summed E-state index contributed by atoms with van der Waals surface area (Å²) >= 11 is 0. The number of aromatic nitrogens is 3. The van der Waals surface area contributed by atoms with E-state index in [0.717, 1.165) is 11.4 Å². The SMILES string of the molecule is FC1(F)CC12CC(COc1cccc(-n3ccnn3)c1)C2. The predicted octanol–water partition coefficient (Wildman–Crippen LogP) is 3.08. The number of benzene rings is 1. The van der Waals surface area contributed by atoms with Crippen LogP contribution in [0.2, 0.25) is 0 Å². The number of hydrogen-bond acceptors (Lipinski definition) is 3. The van der Waals surface area contributed by atoms with Gasteiger partial charge < -0.3 is 4.74 Å². The van der Waals surface area contributed by atoms with Gasteiger partial charge in [-0.2, -0.15) is 0 Å². The highest BCUT2D eigenvalue weighted by Gasteiger charge is 2.75. The highest BCUT2D eigenvalue weighted by Crippen LogP contribution is 2.72. The van der Waals surface area contributed by atoms with Gasteiger partial charge in [0.05, 0.1) is 24.7 Å². The van der Waals surface area contributed by atoms with Crippen molar-refractivity contribution in [2.24, 2.45) is 11.3 Å². The lowest BCUT2D eigenvalue weighted by atomic mass is 9.72. The second kappa shape index (κ2) is 4.26. The van der Waals surface area contributed by atoms with E-state index in [0.29, 0.717) is 19.4 Å². The summed E-state index contributed by atoms with van der Waals surface area (Å²) in [6, 6.07) is 7.52. The van der Waals surface area contributed by atoms with Crippen molar-refractivity contribution in [2.75, 3.05) is 6.61 Å². The Hall–Kier alpha value is -1.98. The van der Waals surface area contributed by atoms with Crippen LogP contribution in [0.4, 0.5) is 8.78 Å². The first kappa shape index (κ1) is 12.7. The molecule has 4 rings (SSSR count). The molecule has 2 aliphatic rings. The molecular weight excluding hydrogens is 276 g/mol. The highest BCUT2D eigenvalue weighted by atomic mass is 19.3. The summed E-state index contributed by atoms with van der Waals surface area (Å²) in [5, 5.41) is 7.68. The van der Waals surface area contributed by atoms with Gasteiger partial charge in [0.1, 0.15) is 5.75 Å². The molecule has 0 saturated heterocycles. The molecular formula is C15H15F2N3O. The van der Waals surface area contributed by atoms with E-state index < -0.39 is 11.3 Å². The van der Waals surface area contributed by atoms with E-state index in [1.54, 1.807) is 17.1 Å². The number of alkyl halides is 2. The summed E-state index contributed by atoms with van der Waals surface area (Å²) in [6.45, 7) is 0.499. The minimum Gasteiger partial charge on any atom is -0.493 e. The first-order chi connectivity index (χ1) is 10.1. The fraction of sp³-hybridized carbons (Fsp3) is 0.467. The summed E-state index contributed by atoms with van der Waals surface area (Å²) < 4.78 is 33.6. The standard InChI is InChI=1S/C15H15F2N3O/c16-15(17)10-14(15)7-11(8-14)9-21-13-3-1-2-12(6-13)20-5-4-18-19-20/h1-6,11H,7-10H2. The lowest BCUT2D eigenvalue weighted by molar-refractivity contribution is -0.0108. The second-order valence-electron chi connectivity index (χ2n) is 6.09. The largest absolute Gasteiger partial charge is 0.493 e. The molecule has 21 heavy (non-hydrogen) atoms. The maximum Gasteiger partial charge on any atom is 0.254 e. The van der Waals surface area contributed by atoms with Gasteiger partial charge in [-0.3, -0.25) is 0 Å². The molecule has 1 aromatic carbocycles. The molecule has 1 heterocycles. The molecule has 0 aliphatic heterocycles. The molecule has 4 nitrogen and oxygen atoms in total. The van der Waals surface area contributed by atoms with Gasteiger partial charge in [-0.25, -0.2) is 13.5 Å². The van der Waals surface area contributed by atoms with Crippen molar-refractivity contribution in [1.82, 2.24) is 15.0 Å². The van der Waals surface area contributed by atoms with Gasteiger partial charge in [-0.15, -0.1) is 5.10 Å². The van der Waals surface area contributed by atoms with Gasteiger partial charge in [0.2, 0.25) is 0 Å². The fourth-order valence-corrected chi connectivity index (χ4v) is 3.26. The molecule has 0 bridgehead atoms. The minimum atomic E-state index is -2.42. The van der Waals surface area contributed by atoms with Gasteiger partial charge in [0.25, 0.3) is 5.92 Å². The molecule has 2 aromatic rings. The summed E-state index contributed by atoms with van der Waals surface area (Å²) in [7, 11) is 0. The van der Waals surface area contributed by atoms with Crippen LogP contribution in [0.1, 0.15) is 19.3 Å². The Kier molecular flexibility index (Phi) is 2.58. The molecule has 2 saturated carbocycles. The minimum absolute atomic E-state index is 0.0677. The van der Waals surface area contributed by atoms with Crippen LogP contribution in [0.15, 0.2) is 36.7 Å². The summed E-state index contributed by atoms with van der Waals surface area (Å²) in [5.41, 5.74) is 0.188. The van der Waals surface area contributed by atoms with E-state index >= 15 is 0 Å². The van der Waals surface area contributed by atoms with E-state index in [4.69, 9.17) is 4.74 Å². The average Bonchev–Trinajstić information content (AvgIpc) is 2.81. The first-order valence-corrected chi connectivity index (χ1v) is 7.05. The molecule has 0 unspecified atom stereocenters. The maximum absolute atomic E-state index is 13.1. The Bertz CT molecular complexity index is 651. The Morgan fingerprint density at radius 1 is 1.33 bits per heavy atom. The fourth-order valence-electron chi connectivity index (χ4n) is 3.26. The van der Waals surface area contributed by atoms with Crippen LogP contribution in [0.5, 0.6) is 5.75 Å². The van der Waals surface area contributed by atoms with E-state index in [1.165, 1.54) is 0 Å². The zero-order chi connectivity index (χ0) is 14.5. The van der Waals surface area contributed by atoms with Gasteiger partial charge in [0, 0.05) is 17.9 Å². The third-order valence-electron chi connectivity index (χ3n) is 4.56. The van der Waals surface area contributed by atoms with Crippen molar-refractivity contribution < 1.29 is 13.5 Å². The van der Waals surface area contributed by atoms with Crippen LogP contribution in [0, 0.1) is 11.3 Å². The van der Waals surface area contributed by atoms with Crippen LogP contribution in [0.25, 0.3) is 5.69 Å².